The Hall–Kier alpha value is -3.20. The Kier molecular flexibility index (Phi) is 7.95. The molecule has 34 heavy (non-hydrogen) atoms. The lowest BCUT2D eigenvalue weighted by Gasteiger charge is -2.10. The van der Waals surface area contributed by atoms with Crippen molar-refractivity contribution in [2.45, 2.75) is 0 Å². The number of benzene rings is 3. The first-order valence-electron chi connectivity index (χ1n) is 9.96. The van der Waals surface area contributed by atoms with Crippen LogP contribution in [0.3, 0.4) is 0 Å². The molecule has 4 N–H and O–H groups in total. The van der Waals surface area contributed by atoms with E-state index in [1.165, 1.54) is 6.21 Å². The largest absolute Gasteiger partial charge is 0.506 e. The molecule has 1 aromatic heterocycles. The van der Waals surface area contributed by atoms with E-state index in [-0.39, 0.29) is 11.7 Å². The number of phenols is 1. The number of phenolic OH excluding ortho intramolecular Hbond substituents is 1. The van der Waals surface area contributed by atoms with Crippen LogP contribution in [0.5, 0.6) is 11.5 Å². The Morgan fingerprint density at radius 1 is 0.853 bits per heavy atom. The van der Waals surface area contributed by atoms with E-state index in [0.717, 1.165) is 24.3 Å². The van der Waals surface area contributed by atoms with E-state index >= 15 is 0 Å². The van der Waals surface area contributed by atoms with Gasteiger partial charge in [-0.05, 0) is 93.7 Å². The van der Waals surface area contributed by atoms with Crippen LogP contribution in [0.1, 0.15) is 5.56 Å². The highest BCUT2D eigenvalue weighted by Crippen LogP contribution is 2.26. The first kappa shape index (κ1) is 23.9. The second-order valence-electron chi connectivity index (χ2n) is 6.85. The second-order valence-corrected chi connectivity index (χ2v) is 9.25. The van der Waals surface area contributed by atoms with Crippen molar-refractivity contribution in [1.29, 1.82) is 0 Å². The molecule has 0 aliphatic heterocycles. The highest BCUT2D eigenvalue weighted by Gasteiger charge is 2.09. The van der Waals surface area contributed by atoms with Crippen molar-refractivity contribution in [2.24, 2.45) is 5.10 Å². The molecule has 0 saturated carbocycles. The van der Waals surface area contributed by atoms with Crippen LogP contribution in [-0.4, -0.2) is 33.4 Å². The Morgan fingerprint density at radius 3 is 2.12 bits per heavy atom. The summed E-state index contributed by atoms with van der Waals surface area (Å²) in [6.45, 7) is 0. The predicted molar refractivity (Wildman–Crippen MR) is 151 cm³/mol. The number of para-hydroxylation sites is 1. The van der Waals surface area contributed by atoms with Gasteiger partial charge < -0.3 is 20.5 Å². The molecule has 0 unspecified atom stereocenters. The van der Waals surface area contributed by atoms with E-state index in [1.54, 1.807) is 7.11 Å². The summed E-state index contributed by atoms with van der Waals surface area (Å²) >= 11 is 4.27. The maximum atomic E-state index is 10.3. The van der Waals surface area contributed by atoms with Gasteiger partial charge in [-0.3, -0.25) is 0 Å². The van der Waals surface area contributed by atoms with E-state index < -0.39 is 0 Å². The molecule has 11 heteroatoms. The summed E-state index contributed by atoms with van der Waals surface area (Å²) in [5.41, 5.74) is 5.02. The van der Waals surface area contributed by atoms with Gasteiger partial charge in [0, 0.05) is 20.5 Å². The zero-order valence-corrected chi connectivity index (χ0v) is 22.1. The predicted octanol–water partition coefficient (Wildman–Crippen LogP) is 5.73. The van der Waals surface area contributed by atoms with Gasteiger partial charge in [0.05, 0.1) is 16.9 Å². The molecule has 9 nitrogen and oxygen atoms in total. The quantitative estimate of drug-likeness (QED) is 0.106. The first-order chi connectivity index (χ1) is 16.5. The van der Waals surface area contributed by atoms with E-state index in [1.807, 2.05) is 66.7 Å². The SMILES string of the molecule is COc1ccc(Nc2nc(N/N=C/c3cc(I)cc(I)c3O)nc(Nc3ccccc3)n2)cc1. The molecule has 4 aromatic rings. The fraction of sp³-hybridized carbons (Fsp3) is 0.0435. The lowest BCUT2D eigenvalue weighted by molar-refractivity contribution is 0.415. The average molecular weight is 679 g/mol. The summed E-state index contributed by atoms with van der Waals surface area (Å²) in [4.78, 5) is 13.3. The summed E-state index contributed by atoms with van der Waals surface area (Å²) < 4.78 is 6.93. The number of methoxy groups -OCH3 is 1. The van der Waals surface area contributed by atoms with E-state index in [4.69, 9.17) is 4.74 Å². The molecule has 3 aromatic carbocycles. The summed E-state index contributed by atoms with van der Waals surface area (Å²) in [5.74, 6) is 1.79. The molecule has 0 amide bonds. The van der Waals surface area contributed by atoms with Crippen LogP contribution in [0.15, 0.2) is 71.8 Å². The number of halogens is 2. The number of anilines is 5. The van der Waals surface area contributed by atoms with Crippen LogP contribution in [0, 0.1) is 7.14 Å². The summed E-state index contributed by atoms with van der Waals surface area (Å²) in [5, 5.41) is 20.8. The number of nitrogens with one attached hydrogen (secondary N) is 3. The molecule has 0 radical (unpaired) electrons. The minimum atomic E-state index is 0.163. The molecule has 4 rings (SSSR count). The maximum Gasteiger partial charge on any atom is 0.250 e. The van der Waals surface area contributed by atoms with Crippen molar-refractivity contribution in [3.05, 3.63) is 79.4 Å². The van der Waals surface area contributed by atoms with Crippen molar-refractivity contribution in [3.8, 4) is 11.5 Å². The molecule has 0 saturated heterocycles. The standard InChI is InChI=1S/C23H19I2N7O2/c1-34-18-9-7-17(8-10-18)28-22-29-21(27-16-5-3-2-4-6-16)30-23(31-22)32-26-13-14-11-15(24)12-19(25)20(14)33/h2-13,33H,1H3,(H3,27,28,29,30,31,32)/b26-13+. The second kappa shape index (κ2) is 11.3. The molecular weight excluding hydrogens is 660 g/mol. The fourth-order valence-corrected chi connectivity index (χ4v) is 4.73. The van der Waals surface area contributed by atoms with Crippen LogP contribution in [0.4, 0.5) is 29.2 Å². The zero-order chi connectivity index (χ0) is 23.9. The van der Waals surface area contributed by atoms with Gasteiger partial charge in [-0.2, -0.15) is 20.1 Å². The van der Waals surface area contributed by atoms with Gasteiger partial charge in [0.1, 0.15) is 11.5 Å². The monoisotopic (exact) mass is 679 g/mol. The van der Waals surface area contributed by atoms with Gasteiger partial charge in [0.2, 0.25) is 17.8 Å². The smallest absolute Gasteiger partial charge is 0.250 e. The van der Waals surface area contributed by atoms with Crippen LogP contribution in [0.25, 0.3) is 0 Å². The minimum absolute atomic E-state index is 0.163. The third-order valence-electron chi connectivity index (χ3n) is 4.44. The van der Waals surface area contributed by atoms with Crippen molar-refractivity contribution in [2.75, 3.05) is 23.2 Å². The van der Waals surface area contributed by atoms with Gasteiger partial charge >= 0.3 is 0 Å². The van der Waals surface area contributed by atoms with Gasteiger partial charge in [-0.25, -0.2) is 5.43 Å². The fourth-order valence-electron chi connectivity index (χ4n) is 2.84. The Bertz CT molecular complexity index is 1300. The normalized spacial score (nSPS) is 10.8. The lowest BCUT2D eigenvalue weighted by atomic mass is 10.2. The third kappa shape index (κ3) is 6.44. The van der Waals surface area contributed by atoms with E-state index in [9.17, 15) is 5.11 Å². The highest BCUT2D eigenvalue weighted by atomic mass is 127. The van der Waals surface area contributed by atoms with Gasteiger partial charge in [0.15, 0.2) is 0 Å². The summed E-state index contributed by atoms with van der Waals surface area (Å²) in [6.07, 6.45) is 1.52. The number of hydrogen-bond donors (Lipinski definition) is 4. The zero-order valence-electron chi connectivity index (χ0n) is 17.8. The van der Waals surface area contributed by atoms with Crippen LogP contribution in [0.2, 0.25) is 0 Å². The van der Waals surface area contributed by atoms with Gasteiger partial charge in [-0.15, -0.1) is 0 Å². The maximum absolute atomic E-state index is 10.3. The molecule has 0 aliphatic carbocycles. The number of aromatic hydroxyl groups is 1. The summed E-state index contributed by atoms with van der Waals surface area (Å²) in [7, 11) is 1.62. The molecule has 172 valence electrons. The van der Waals surface area contributed by atoms with Gasteiger partial charge in [-0.1, -0.05) is 18.2 Å². The number of nitrogens with zero attached hydrogens (tertiary/aromatic N) is 4. The number of ether oxygens (including phenoxy) is 1. The van der Waals surface area contributed by atoms with Crippen LogP contribution in [-0.2, 0) is 0 Å². The minimum Gasteiger partial charge on any atom is -0.506 e. The number of aromatic nitrogens is 3. The molecule has 1 heterocycles. The number of hydrogen-bond acceptors (Lipinski definition) is 9. The molecule has 0 fully saturated rings. The topological polar surface area (TPSA) is 117 Å². The lowest BCUT2D eigenvalue weighted by Crippen LogP contribution is -2.07. The number of hydrazone groups is 1. The van der Waals surface area contributed by atoms with Crippen LogP contribution < -0.4 is 20.8 Å². The number of rotatable bonds is 8. The Balaban J connectivity index is 1.59. The van der Waals surface area contributed by atoms with Crippen molar-refractivity contribution >= 4 is 80.6 Å². The average Bonchev–Trinajstić information content (AvgIpc) is 2.83. The van der Waals surface area contributed by atoms with Gasteiger partial charge in [0.25, 0.3) is 0 Å². The molecule has 0 bridgehead atoms. The summed E-state index contributed by atoms with van der Waals surface area (Å²) in [6, 6.07) is 20.7. The van der Waals surface area contributed by atoms with Crippen molar-refractivity contribution in [3.63, 3.8) is 0 Å². The molecular formula is C23H19I2N7O2. The van der Waals surface area contributed by atoms with Crippen molar-refractivity contribution in [1.82, 2.24) is 15.0 Å². The first-order valence-corrected chi connectivity index (χ1v) is 12.1. The van der Waals surface area contributed by atoms with E-state index in [0.29, 0.717) is 17.5 Å². The van der Waals surface area contributed by atoms with Crippen LogP contribution >= 0.6 is 45.2 Å². The molecule has 0 spiro atoms. The molecule has 0 aliphatic rings. The molecule has 0 atom stereocenters. The van der Waals surface area contributed by atoms with Crippen molar-refractivity contribution < 1.29 is 9.84 Å². The highest BCUT2D eigenvalue weighted by molar-refractivity contribution is 14.1. The third-order valence-corrected chi connectivity index (χ3v) is 5.88. The Morgan fingerprint density at radius 2 is 1.47 bits per heavy atom. The van der Waals surface area contributed by atoms with E-state index in [2.05, 4.69) is 81.3 Å². The Labute approximate surface area is 223 Å².